The first-order chi connectivity index (χ1) is 8.81. The van der Waals surface area contributed by atoms with Gasteiger partial charge in [-0.2, -0.15) is 0 Å². The maximum atomic E-state index is 12.1. The Kier molecular flexibility index (Phi) is 5.01. The number of urea groups is 1. The van der Waals surface area contributed by atoms with Gasteiger partial charge in [0.1, 0.15) is 0 Å². The Bertz CT molecular complexity index is 361. The SMILES string of the molecule is CCCC(NC(=O)N1CCOCC1)c1cccs1. The van der Waals surface area contributed by atoms with Gasteiger partial charge < -0.3 is 15.0 Å². The van der Waals surface area contributed by atoms with E-state index in [2.05, 4.69) is 23.7 Å². The topological polar surface area (TPSA) is 41.6 Å². The van der Waals surface area contributed by atoms with E-state index in [1.807, 2.05) is 11.0 Å². The van der Waals surface area contributed by atoms with Crippen LogP contribution in [0.3, 0.4) is 0 Å². The van der Waals surface area contributed by atoms with E-state index in [0.717, 1.165) is 12.8 Å². The molecule has 1 atom stereocenters. The lowest BCUT2D eigenvalue weighted by Crippen LogP contribution is -2.47. The van der Waals surface area contributed by atoms with Gasteiger partial charge in [0.15, 0.2) is 0 Å². The van der Waals surface area contributed by atoms with Crippen molar-refractivity contribution in [2.45, 2.75) is 25.8 Å². The first kappa shape index (κ1) is 13.4. The van der Waals surface area contributed by atoms with Crippen molar-refractivity contribution < 1.29 is 9.53 Å². The molecule has 0 spiro atoms. The monoisotopic (exact) mass is 268 g/mol. The Balaban J connectivity index is 1.93. The van der Waals surface area contributed by atoms with Crippen LogP contribution in [0.15, 0.2) is 17.5 Å². The van der Waals surface area contributed by atoms with E-state index in [0.29, 0.717) is 26.3 Å². The summed E-state index contributed by atoms with van der Waals surface area (Å²) in [6, 6.07) is 4.30. The molecule has 4 nitrogen and oxygen atoms in total. The summed E-state index contributed by atoms with van der Waals surface area (Å²) in [6.07, 6.45) is 2.04. The zero-order chi connectivity index (χ0) is 12.8. The predicted octanol–water partition coefficient (Wildman–Crippen LogP) is 2.63. The van der Waals surface area contributed by atoms with E-state index in [9.17, 15) is 4.79 Å². The first-order valence-electron chi connectivity index (χ1n) is 6.48. The van der Waals surface area contributed by atoms with Gasteiger partial charge in [-0.05, 0) is 17.9 Å². The molecule has 18 heavy (non-hydrogen) atoms. The van der Waals surface area contributed by atoms with Crippen molar-refractivity contribution in [3.8, 4) is 0 Å². The number of nitrogens with zero attached hydrogens (tertiary/aromatic N) is 1. The second kappa shape index (κ2) is 6.75. The molecule has 0 aliphatic carbocycles. The van der Waals surface area contributed by atoms with E-state index >= 15 is 0 Å². The highest BCUT2D eigenvalue weighted by Gasteiger charge is 2.20. The smallest absolute Gasteiger partial charge is 0.318 e. The number of carbonyl (C=O) groups excluding carboxylic acids is 1. The van der Waals surface area contributed by atoms with Gasteiger partial charge in [-0.3, -0.25) is 0 Å². The minimum Gasteiger partial charge on any atom is -0.378 e. The van der Waals surface area contributed by atoms with Crippen LogP contribution < -0.4 is 5.32 Å². The molecule has 100 valence electrons. The number of thiophene rings is 1. The average Bonchev–Trinajstić information content (AvgIpc) is 2.93. The summed E-state index contributed by atoms with van der Waals surface area (Å²) < 4.78 is 5.25. The van der Waals surface area contributed by atoms with Crippen molar-refractivity contribution in [1.82, 2.24) is 10.2 Å². The summed E-state index contributed by atoms with van der Waals surface area (Å²) in [6.45, 7) is 4.81. The highest BCUT2D eigenvalue weighted by Crippen LogP contribution is 2.23. The van der Waals surface area contributed by atoms with E-state index in [4.69, 9.17) is 4.74 Å². The van der Waals surface area contributed by atoms with Crippen molar-refractivity contribution >= 4 is 17.4 Å². The summed E-state index contributed by atoms with van der Waals surface area (Å²) in [4.78, 5) is 15.2. The largest absolute Gasteiger partial charge is 0.378 e. The number of morpholine rings is 1. The third-order valence-corrected chi connectivity index (χ3v) is 4.05. The molecule has 1 aliphatic heterocycles. The van der Waals surface area contributed by atoms with Crippen LogP contribution >= 0.6 is 11.3 Å². The second-order valence-electron chi connectivity index (χ2n) is 4.41. The van der Waals surface area contributed by atoms with Gasteiger partial charge in [-0.1, -0.05) is 19.4 Å². The van der Waals surface area contributed by atoms with E-state index in [1.165, 1.54) is 4.88 Å². The van der Waals surface area contributed by atoms with Crippen molar-refractivity contribution in [1.29, 1.82) is 0 Å². The molecule has 0 radical (unpaired) electrons. The van der Waals surface area contributed by atoms with Crippen molar-refractivity contribution in [3.05, 3.63) is 22.4 Å². The van der Waals surface area contributed by atoms with Crippen LogP contribution in [0.25, 0.3) is 0 Å². The van der Waals surface area contributed by atoms with Crippen molar-refractivity contribution in [2.75, 3.05) is 26.3 Å². The van der Waals surface area contributed by atoms with Gasteiger partial charge in [0.2, 0.25) is 0 Å². The molecule has 1 aromatic heterocycles. The molecule has 2 heterocycles. The normalized spacial score (nSPS) is 17.5. The Labute approximate surface area is 112 Å². The van der Waals surface area contributed by atoms with Crippen molar-refractivity contribution in [3.63, 3.8) is 0 Å². The van der Waals surface area contributed by atoms with Gasteiger partial charge in [-0.15, -0.1) is 11.3 Å². The van der Waals surface area contributed by atoms with Crippen molar-refractivity contribution in [2.24, 2.45) is 0 Å². The Morgan fingerprint density at radius 3 is 2.94 bits per heavy atom. The number of hydrogen-bond donors (Lipinski definition) is 1. The fraction of sp³-hybridized carbons (Fsp3) is 0.615. The average molecular weight is 268 g/mol. The molecule has 1 N–H and O–H groups in total. The molecular formula is C13H20N2O2S. The quantitative estimate of drug-likeness (QED) is 0.912. The number of rotatable bonds is 4. The predicted molar refractivity (Wildman–Crippen MR) is 72.9 cm³/mol. The number of carbonyl (C=O) groups is 1. The maximum Gasteiger partial charge on any atom is 0.318 e. The summed E-state index contributed by atoms with van der Waals surface area (Å²) in [5.41, 5.74) is 0. The van der Waals surface area contributed by atoms with Crippen LogP contribution in [0.4, 0.5) is 4.79 Å². The van der Waals surface area contributed by atoms with Gasteiger partial charge >= 0.3 is 6.03 Å². The molecule has 1 fully saturated rings. The number of ether oxygens (including phenoxy) is 1. The second-order valence-corrected chi connectivity index (χ2v) is 5.38. The fourth-order valence-electron chi connectivity index (χ4n) is 2.07. The van der Waals surface area contributed by atoms with Crippen LogP contribution in [0.5, 0.6) is 0 Å². The third-order valence-electron chi connectivity index (χ3n) is 3.06. The molecule has 5 heteroatoms. The fourth-order valence-corrected chi connectivity index (χ4v) is 2.88. The van der Waals surface area contributed by atoms with E-state index in [-0.39, 0.29) is 12.1 Å². The lowest BCUT2D eigenvalue weighted by Gasteiger charge is -2.29. The van der Waals surface area contributed by atoms with Crippen LogP contribution in [-0.4, -0.2) is 37.2 Å². The summed E-state index contributed by atoms with van der Waals surface area (Å²) in [5.74, 6) is 0. The van der Waals surface area contributed by atoms with E-state index < -0.39 is 0 Å². The molecule has 1 aromatic rings. The van der Waals surface area contributed by atoms with Gasteiger partial charge in [-0.25, -0.2) is 4.79 Å². The molecule has 1 aliphatic rings. The Morgan fingerprint density at radius 1 is 1.56 bits per heavy atom. The third kappa shape index (κ3) is 3.46. The highest BCUT2D eigenvalue weighted by atomic mass is 32.1. The standard InChI is InChI=1S/C13H20N2O2S/c1-2-4-11(12-5-3-10-18-12)14-13(16)15-6-8-17-9-7-15/h3,5,10-11H,2,4,6-9H2,1H3,(H,14,16). The van der Waals surface area contributed by atoms with Gasteiger partial charge in [0, 0.05) is 18.0 Å². The lowest BCUT2D eigenvalue weighted by molar-refractivity contribution is 0.0524. The van der Waals surface area contributed by atoms with Gasteiger partial charge in [0.05, 0.1) is 19.3 Å². The molecule has 1 unspecified atom stereocenters. The van der Waals surface area contributed by atoms with Crippen LogP contribution in [-0.2, 0) is 4.74 Å². The molecule has 2 amide bonds. The number of hydrogen-bond acceptors (Lipinski definition) is 3. The molecule has 0 aromatic carbocycles. The zero-order valence-corrected chi connectivity index (χ0v) is 11.5. The first-order valence-corrected chi connectivity index (χ1v) is 7.36. The highest BCUT2D eigenvalue weighted by molar-refractivity contribution is 7.10. The minimum atomic E-state index is 0.0325. The lowest BCUT2D eigenvalue weighted by atomic mass is 10.1. The molecular weight excluding hydrogens is 248 g/mol. The maximum absolute atomic E-state index is 12.1. The number of amides is 2. The zero-order valence-electron chi connectivity index (χ0n) is 10.7. The molecule has 0 saturated carbocycles. The Morgan fingerprint density at radius 2 is 2.33 bits per heavy atom. The Hall–Kier alpha value is -1.07. The number of nitrogens with one attached hydrogen (secondary N) is 1. The molecule has 0 bridgehead atoms. The van der Waals surface area contributed by atoms with Crippen LogP contribution in [0.2, 0.25) is 0 Å². The molecule has 2 rings (SSSR count). The van der Waals surface area contributed by atoms with Crippen LogP contribution in [0, 0.1) is 0 Å². The van der Waals surface area contributed by atoms with E-state index in [1.54, 1.807) is 11.3 Å². The van der Waals surface area contributed by atoms with Crippen LogP contribution in [0.1, 0.15) is 30.7 Å². The molecule has 1 saturated heterocycles. The minimum absolute atomic E-state index is 0.0325. The summed E-state index contributed by atoms with van der Waals surface area (Å²) in [5, 5.41) is 5.19. The van der Waals surface area contributed by atoms with Gasteiger partial charge in [0.25, 0.3) is 0 Å². The summed E-state index contributed by atoms with van der Waals surface area (Å²) >= 11 is 1.70. The summed E-state index contributed by atoms with van der Waals surface area (Å²) in [7, 11) is 0.